The van der Waals surface area contributed by atoms with E-state index in [4.69, 9.17) is 9.73 Å². The number of hydrogen-bond donors (Lipinski definition) is 0. The van der Waals surface area contributed by atoms with E-state index in [-0.39, 0.29) is 0 Å². The molecule has 0 unspecified atom stereocenters. The summed E-state index contributed by atoms with van der Waals surface area (Å²) in [7, 11) is 0. The van der Waals surface area contributed by atoms with Gasteiger partial charge in [0.2, 0.25) is 5.90 Å². The van der Waals surface area contributed by atoms with Gasteiger partial charge in [-0.25, -0.2) is 4.99 Å². The lowest BCUT2D eigenvalue weighted by molar-refractivity contribution is 0.137. The van der Waals surface area contributed by atoms with Gasteiger partial charge >= 0.3 is 0 Å². The summed E-state index contributed by atoms with van der Waals surface area (Å²) in [6.07, 6.45) is 7.07. The topological polar surface area (TPSA) is 21.6 Å². The fourth-order valence-electron chi connectivity index (χ4n) is 3.37. The van der Waals surface area contributed by atoms with Crippen LogP contribution in [0.25, 0.3) is 0 Å². The van der Waals surface area contributed by atoms with Crippen LogP contribution in [-0.4, -0.2) is 18.0 Å². The van der Waals surface area contributed by atoms with Gasteiger partial charge in [0.25, 0.3) is 0 Å². The van der Waals surface area contributed by atoms with Gasteiger partial charge in [-0.1, -0.05) is 67.8 Å². The molecular formula is C23H29NO. The van der Waals surface area contributed by atoms with Crippen molar-refractivity contribution in [3.63, 3.8) is 0 Å². The third kappa shape index (κ3) is 5.19. The fraction of sp³-hybridized carbons (Fsp3) is 0.435. The fourth-order valence-corrected chi connectivity index (χ4v) is 3.37. The lowest BCUT2D eigenvalue weighted by atomic mass is 9.97. The van der Waals surface area contributed by atoms with E-state index < -0.39 is 0 Å². The molecule has 0 radical (unpaired) electrons. The van der Waals surface area contributed by atoms with E-state index in [1.165, 1.54) is 24.0 Å². The molecular weight excluding hydrogens is 306 g/mol. The number of hydrogen-bond acceptors (Lipinski definition) is 2. The third-order valence-corrected chi connectivity index (χ3v) is 4.90. The summed E-state index contributed by atoms with van der Waals surface area (Å²) in [4.78, 5) is 4.95. The molecule has 2 atom stereocenters. The van der Waals surface area contributed by atoms with Crippen molar-refractivity contribution in [1.82, 2.24) is 0 Å². The zero-order valence-electron chi connectivity index (χ0n) is 15.4. The van der Waals surface area contributed by atoms with Gasteiger partial charge in [-0.2, -0.15) is 0 Å². The maximum atomic E-state index is 6.25. The summed E-state index contributed by atoms with van der Waals surface area (Å²) in [5.74, 6) is 0.838. The molecule has 0 bridgehead atoms. The van der Waals surface area contributed by atoms with Crippen LogP contribution in [0, 0.1) is 6.92 Å². The molecule has 0 fully saturated rings. The predicted octanol–water partition coefficient (Wildman–Crippen LogP) is 5.72. The number of unbranched alkanes of at least 4 members (excludes halogenated alkanes) is 1. The van der Waals surface area contributed by atoms with Crippen LogP contribution in [0.2, 0.25) is 0 Å². The van der Waals surface area contributed by atoms with Gasteiger partial charge in [0.05, 0.1) is 6.04 Å². The minimum atomic E-state index is 0.300. The Kier molecular flexibility index (Phi) is 6.27. The number of aryl methyl sites for hydroxylation is 2. The Morgan fingerprint density at radius 1 is 1.00 bits per heavy atom. The van der Waals surface area contributed by atoms with Crippen molar-refractivity contribution in [1.29, 1.82) is 0 Å². The van der Waals surface area contributed by atoms with Crippen LogP contribution >= 0.6 is 0 Å². The van der Waals surface area contributed by atoms with Gasteiger partial charge in [0.15, 0.2) is 0 Å². The van der Waals surface area contributed by atoms with Crippen molar-refractivity contribution in [2.75, 3.05) is 0 Å². The van der Waals surface area contributed by atoms with Crippen LogP contribution in [0.15, 0.2) is 59.6 Å². The van der Waals surface area contributed by atoms with Gasteiger partial charge in [-0.15, -0.1) is 0 Å². The molecule has 0 N–H and O–H groups in total. The second-order valence-electron chi connectivity index (χ2n) is 7.10. The first-order chi connectivity index (χ1) is 12.2. The van der Waals surface area contributed by atoms with Crippen LogP contribution in [-0.2, 0) is 11.2 Å². The Balaban J connectivity index is 1.72. The number of rotatable bonds is 7. The van der Waals surface area contributed by atoms with Gasteiger partial charge < -0.3 is 4.74 Å². The predicted molar refractivity (Wildman–Crippen MR) is 105 cm³/mol. The molecule has 0 saturated heterocycles. The number of aliphatic imine (C=N–C) groups is 1. The van der Waals surface area contributed by atoms with E-state index in [0.29, 0.717) is 12.1 Å². The molecule has 132 valence electrons. The van der Waals surface area contributed by atoms with E-state index in [2.05, 4.69) is 68.4 Å². The Bertz CT molecular complexity index is 675. The minimum Gasteiger partial charge on any atom is -0.474 e. The quantitative estimate of drug-likeness (QED) is 0.634. The highest BCUT2D eigenvalue weighted by Crippen LogP contribution is 2.24. The molecule has 2 aromatic carbocycles. The highest BCUT2D eigenvalue weighted by atomic mass is 16.5. The molecule has 0 aromatic heterocycles. The molecule has 3 rings (SSSR count). The van der Waals surface area contributed by atoms with Gasteiger partial charge in [0, 0.05) is 12.0 Å². The van der Waals surface area contributed by atoms with Crippen molar-refractivity contribution < 1.29 is 4.74 Å². The van der Waals surface area contributed by atoms with E-state index in [1.807, 2.05) is 0 Å². The molecule has 2 nitrogen and oxygen atoms in total. The molecule has 1 heterocycles. The zero-order valence-corrected chi connectivity index (χ0v) is 15.4. The summed E-state index contributed by atoms with van der Waals surface area (Å²) < 4.78 is 6.25. The second kappa shape index (κ2) is 8.84. The van der Waals surface area contributed by atoms with Crippen molar-refractivity contribution in [3.05, 3.63) is 71.3 Å². The Morgan fingerprint density at radius 3 is 2.48 bits per heavy atom. The standard InChI is InChI=1S/C23H29NO/c1-3-4-10-22-17-21(16-13-19-8-6-5-7-9-19)24-23(25-22)20-14-11-18(2)12-15-20/h5-9,11-12,14-15,21-22H,3-4,10,13,16-17H2,1-2H3/t21-,22+/m1/s1. The average molecular weight is 335 g/mol. The number of benzene rings is 2. The number of nitrogens with zero attached hydrogens (tertiary/aromatic N) is 1. The van der Waals surface area contributed by atoms with Crippen LogP contribution in [0.3, 0.4) is 0 Å². The highest BCUT2D eigenvalue weighted by molar-refractivity contribution is 5.94. The molecule has 2 aromatic rings. The molecule has 0 saturated carbocycles. The number of ether oxygens (including phenoxy) is 1. The maximum Gasteiger partial charge on any atom is 0.216 e. The maximum absolute atomic E-state index is 6.25. The average Bonchev–Trinajstić information content (AvgIpc) is 2.66. The smallest absolute Gasteiger partial charge is 0.216 e. The summed E-state index contributed by atoms with van der Waals surface area (Å²) in [5, 5.41) is 0. The van der Waals surface area contributed by atoms with Crippen LogP contribution in [0.1, 0.15) is 55.7 Å². The SMILES string of the molecule is CCCC[C@H]1C[C@@H](CCc2ccccc2)N=C(c2ccc(C)cc2)O1. The molecule has 2 heteroatoms. The Labute approximate surface area is 152 Å². The minimum absolute atomic E-state index is 0.300. The van der Waals surface area contributed by atoms with Crippen molar-refractivity contribution in [2.24, 2.45) is 4.99 Å². The molecule has 1 aliphatic heterocycles. The van der Waals surface area contributed by atoms with Crippen LogP contribution in [0.5, 0.6) is 0 Å². The first-order valence-electron chi connectivity index (χ1n) is 9.60. The first-order valence-corrected chi connectivity index (χ1v) is 9.60. The van der Waals surface area contributed by atoms with Gasteiger partial charge in [-0.3, -0.25) is 0 Å². The monoisotopic (exact) mass is 335 g/mol. The van der Waals surface area contributed by atoms with E-state index in [9.17, 15) is 0 Å². The van der Waals surface area contributed by atoms with E-state index in [1.54, 1.807) is 0 Å². The Hall–Kier alpha value is -2.09. The summed E-state index contributed by atoms with van der Waals surface area (Å²) in [5.41, 5.74) is 3.77. The molecule has 0 aliphatic carbocycles. The molecule has 25 heavy (non-hydrogen) atoms. The largest absolute Gasteiger partial charge is 0.474 e. The van der Waals surface area contributed by atoms with Crippen LogP contribution in [0.4, 0.5) is 0 Å². The van der Waals surface area contributed by atoms with Gasteiger partial charge in [-0.05, 0) is 43.9 Å². The summed E-state index contributed by atoms with van der Waals surface area (Å²) in [6.45, 7) is 4.35. The van der Waals surface area contributed by atoms with Gasteiger partial charge in [0.1, 0.15) is 6.10 Å². The molecule has 0 spiro atoms. The normalized spacial score (nSPS) is 20.0. The van der Waals surface area contributed by atoms with Crippen molar-refractivity contribution in [3.8, 4) is 0 Å². The third-order valence-electron chi connectivity index (χ3n) is 4.90. The molecule has 1 aliphatic rings. The Morgan fingerprint density at radius 2 is 1.76 bits per heavy atom. The summed E-state index contributed by atoms with van der Waals surface area (Å²) in [6, 6.07) is 19.6. The highest BCUT2D eigenvalue weighted by Gasteiger charge is 2.25. The second-order valence-corrected chi connectivity index (χ2v) is 7.10. The summed E-state index contributed by atoms with van der Waals surface area (Å²) >= 11 is 0. The van der Waals surface area contributed by atoms with Crippen molar-refractivity contribution >= 4 is 5.90 Å². The lowest BCUT2D eigenvalue weighted by Crippen LogP contribution is -2.30. The zero-order chi connectivity index (χ0) is 17.5. The van der Waals surface area contributed by atoms with E-state index in [0.717, 1.165) is 37.1 Å². The lowest BCUT2D eigenvalue weighted by Gasteiger charge is -2.29. The first kappa shape index (κ1) is 17.7. The van der Waals surface area contributed by atoms with Crippen LogP contribution < -0.4 is 0 Å². The van der Waals surface area contributed by atoms with E-state index >= 15 is 0 Å². The molecule has 0 amide bonds. The van der Waals surface area contributed by atoms with Crippen molar-refractivity contribution in [2.45, 2.75) is 64.5 Å².